The molecule has 0 saturated heterocycles. The third-order valence-electron chi connectivity index (χ3n) is 2.41. The van der Waals surface area contributed by atoms with E-state index in [1.807, 2.05) is 13.8 Å². The average Bonchev–Trinajstić information content (AvgIpc) is 2.50. The van der Waals surface area contributed by atoms with Gasteiger partial charge in [-0.15, -0.1) is 0 Å². The van der Waals surface area contributed by atoms with Crippen LogP contribution in [0.3, 0.4) is 0 Å². The summed E-state index contributed by atoms with van der Waals surface area (Å²) in [6.45, 7) is 5.22. The van der Waals surface area contributed by atoms with E-state index in [1.54, 1.807) is 25.1 Å². The van der Waals surface area contributed by atoms with Crippen molar-refractivity contribution >= 4 is 11.7 Å². The lowest BCUT2D eigenvalue weighted by molar-refractivity contribution is -0.137. The predicted octanol–water partition coefficient (Wildman–Crippen LogP) is 2.08. The van der Waals surface area contributed by atoms with E-state index in [1.165, 1.54) is 0 Å². The Hall–Kier alpha value is -1.91. The molecule has 1 atom stereocenters. The maximum Gasteiger partial charge on any atom is 0.325 e. The fourth-order valence-corrected chi connectivity index (χ4v) is 1.62. The molecule has 1 aromatic carbocycles. The van der Waals surface area contributed by atoms with Crippen LogP contribution in [0.15, 0.2) is 18.2 Å². The Balaban J connectivity index is 2.16. The van der Waals surface area contributed by atoms with Crippen molar-refractivity contribution in [3.63, 3.8) is 0 Å². The molecule has 2 N–H and O–H groups in total. The number of nitrogens with one attached hydrogen (secondary N) is 1. The maximum absolute atomic E-state index is 10.7. The number of carbonyl (C=O) groups is 1. The van der Waals surface area contributed by atoms with E-state index in [0.29, 0.717) is 17.2 Å². The van der Waals surface area contributed by atoms with Gasteiger partial charge in [-0.2, -0.15) is 0 Å². The normalized spacial score (nSPS) is 17.6. The summed E-state index contributed by atoms with van der Waals surface area (Å²) in [7, 11) is 0. The van der Waals surface area contributed by atoms with Gasteiger partial charge < -0.3 is 19.9 Å². The van der Waals surface area contributed by atoms with Gasteiger partial charge in [-0.05, 0) is 19.1 Å². The lowest BCUT2D eigenvalue weighted by Gasteiger charge is -2.16. The maximum atomic E-state index is 10.7. The third-order valence-corrected chi connectivity index (χ3v) is 2.41. The van der Waals surface area contributed by atoms with Crippen molar-refractivity contribution in [3.8, 4) is 11.5 Å². The van der Waals surface area contributed by atoms with Crippen molar-refractivity contribution < 1.29 is 19.4 Å². The molecule has 0 saturated carbocycles. The first-order valence-corrected chi connectivity index (χ1v) is 5.39. The van der Waals surface area contributed by atoms with E-state index in [9.17, 15) is 4.79 Å². The number of rotatable bonds is 3. The van der Waals surface area contributed by atoms with Crippen LogP contribution in [0.4, 0.5) is 5.69 Å². The van der Waals surface area contributed by atoms with Crippen molar-refractivity contribution in [2.75, 3.05) is 5.32 Å². The van der Waals surface area contributed by atoms with Gasteiger partial charge in [0.2, 0.25) is 5.79 Å². The molecule has 1 heterocycles. The largest absolute Gasteiger partial charge is 0.480 e. The Morgan fingerprint density at radius 2 is 2.00 bits per heavy atom. The third kappa shape index (κ3) is 2.43. The molecule has 5 heteroatoms. The molecule has 0 aromatic heterocycles. The molecule has 1 unspecified atom stereocenters. The van der Waals surface area contributed by atoms with Crippen LogP contribution in [0, 0.1) is 0 Å². The molecule has 5 nitrogen and oxygen atoms in total. The van der Waals surface area contributed by atoms with Gasteiger partial charge in [-0.1, -0.05) is 0 Å². The summed E-state index contributed by atoms with van der Waals surface area (Å²) in [5.74, 6) is -0.275. The Labute approximate surface area is 99.3 Å². The number of fused-ring (bicyclic) bond motifs is 1. The highest BCUT2D eigenvalue weighted by atomic mass is 16.7. The zero-order valence-electron chi connectivity index (χ0n) is 9.98. The van der Waals surface area contributed by atoms with Crippen LogP contribution in [0.2, 0.25) is 0 Å². The molecule has 0 fully saturated rings. The predicted molar refractivity (Wildman–Crippen MR) is 62.5 cm³/mol. The van der Waals surface area contributed by atoms with Crippen molar-refractivity contribution in [3.05, 3.63) is 18.2 Å². The Morgan fingerprint density at radius 1 is 1.35 bits per heavy atom. The molecule has 17 heavy (non-hydrogen) atoms. The second-order valence-electron chi connectivity index (χ2n) is 4.47. The molecule has 0 radical (unpaired) electrons. The SMILES string of the molecule is CC(Nc1ccc2c(c1)OC(C)(C)O2)C(=O)O. The van der Waals surface area contributed by atoms with Gasteiger partial charge >= 0.3 is 5.97 Å². The number of ether oxygens (including phenoxy) is 2. The standard InChI is InChI=1S/C12H15NO4/c1-7(11(14)15)13-8-4-5-9-10(6-8)17-12(2,3)16-9/h4-7,13H,1-3H3,(H,14,15). The minimum absolute atomic E-state index is 0.623. The lowest BCUT2D eigenvalue weighted by Crippen LogP contribution is -2.29. The minimum Gasteiger partial charge on any atom is -0.480 e. The van der Waals surface area contributed by atoms with Crippen molar-refractivity contribution in [1.29, 1.82) is 0 Å². The number of benzene rings is 1. The minimum atomic E-state index is -0.900. The van der Waals surface area contributed by atoms with Gasteiger partial charge in [0.1, 0.15) is 6.04 Å². The molecule has 2 rings (SSSR count). The van der Waals surface area contributed by atoms with E-state index in [-0.39, 0.29) is 0 Å². The van der Waals surface area contributed by atoms with Crippen LogP contribution in [0.25, 0.3) is 0 Å². The molecule has 92 valence electrons. The average molecular weight is 237 g/mol. The summed E-state index contributed by atoms with van der Waals surface area (Å²) < 4.78 is 11.1. The van der Waals surface area contributed by atoms with Crippen molar-refractivity contribution in [1.82, 2.24) is 0 Å². The Kier molecular flexibility index (Phi) is 2.61. The first kappa shape index (κ1) is 11.6. The van der Waals surface area contributed by atoms with Crippen molar-refractivity contribution in [2.24, 2.45) is 0 Å². The summed E-state index contributed by atoms with van der Waals surface area (Å²) in [6, 6.07) is 4.62. The number of carboxylic acids is 1. The topological polar surface area (TPSA) is 67.8 Å². The van der Waals surface area contributed by atoms with E-state index in [0.717, 1.165) is 0 Å². The number of hydrogen-bond acceptors (Lipinski definition) is 4. The summed E-state index contributed by atoms with van der Waals surface area (Å²) in [4.78, 5) is 10.7. The fraction of sp³-hybridized carbons (Fsp3) is 0.417. The molecule has 1 aliphatic rings. The van der Waals surface area contributed by atoms with Crippen molar-refractivity contribution in [2.45, 2.75) is 32.6 Å². The van der Waals surface area contributed by atoms with Crippen LogP contribution in [0.5, 0.6) is 11.5 Å². The summed E-state index contributed by atoms with van der Waals surface area (Å²) >= 11 is 0. The number of carboxylic acid groups (broad SMARTS) is 1. The number of anilines is 1. The van der Waals surface area contributed by atoms with E-state index < -0.39 is 17.8 Å². The fourth-order valence-electron chi connectivity index (χ4n) is 1.62. The number of aliphatic carboxylic acids is 1. The highest BCUT2D eigenvalue weighted by Crippen LogP contribution is 2.40. The summed E-state index contributed by atoms with van der Waals surface area (Å²) in [5, 5.41) is 11.7. The molecule has 0 aliphatic carbocycles. The number of hydrogen-bond donors (Lipinski definition) is 2. The van der Waals surface area contributed by atoms with Crippen LogP contribution in [0.1, 0.15) is 20.8 Å². The smallest absolute Gasteiger partial charge is 0.325 e. The molecule has 1 aromatic rings. The van der Waals surface area contributed by atoms with E-state index >= 15 is 0 Å². The van der Waals surface area contributed by atoms with Crippen LogP contribution < -0.4 is 14.8 Å². The highest BCUT2D eigenvalue weighted by molar-refractivity contribution is 5.77. The van der Waals surface area contributed by atoms with E-state index in [4.69, 9.17) is 14.6 Å². The Morgan fingerprint density at radius 3 is 2.65 bits per heavy atom. The molecule has 0 bridgehead atoms. The van der Waals surface area contributed by atoms with Crippen LogP contribution >= 0.6 is 0 Å². The first-order chi connectivity index (χ1) is 7.87. The van der Waals surface area contributed by atoms with Gasteiger partial charge in [0, 0.05) is 25.6 Å². The van der Waals surface area contributed by atoms with Gasteiger partial charge in [-0.25, -0.2) is 0 Å². The first-order valence-electron chi connectivity index (χ1n) is 5.39. The van der Waals surface area contributed by atoms with Gasteiger partial charge in [0.05, 0.1) is 0 Å². The highest BCUT2D eigenvalue weighted by Gasteiger charge is 2.31. The second kappa shape index (κ2) is 3.84. The van der Waals surface area contributed by atoms with Gasteiger partial charge in [0.25, 0.3) is 0 Å². The van der Waals surface area contributed by atoms with Gasteiger partial charge in [-0.3, -0.25) is 4.79 Å². The molecule has 1 aliphatic heterocycles. The molecular formula is C12H15NO4. The quantitative estimate of drug-likeness (QED) is 0.842. The van der Waals surface area contributed by atoms with Gasteiger partial charge in [0.15, 0.2) is 11.5 Å². The zero-order chi connectivity index (χ0) is 12.6. The monoisotopic (exact) mass is 237 g/mol. The molecular weight excluding hydrogens is 222 g/mol. The Bertz CT molecular complexity index is 456. The summed E-state index contributed by atoms with van der Waals surface area (Å²) in [6.07, 6.45) is 0. The molecule has 0 spiro atoms. The lowest BCUT2D eigenvalue weighted by atomic mass is 10.2. The van der Waals surface area contributed by atoms with Crippen LogP contribution in [-0.2, 0) is 4.79 Å². The van der Waals surface area contributed by atoms with Crippen LogP contribution in [-0.4, -0.2) is 22.9 Å². The summed E-state index contributed by atoms with van der Waals surface area (Å²) in [5.41, 5.74) is 0.694. The second-order valence-corrected chi connectivity index (χ2v) is 4.47. The van der Waals surface area contributed by atoms with E-state index in [2.05, 4.69) is 5.32 Å². The molecule has 0 amide bonds. The zero-order valence-corrected chi connectivity index (χ0v) is 9.98.